The van der Waals surface area contributed by atoms with Crippen LogP contribution in [0.15, 0.2) is 65.6 Å². The molecule has 3 aromatic carbocycles. The first-order valence-corrected chi connectivity index (χ1v) is 14.6. The van der Waals surface area contributed by atoms with Crippen LogP contribution in [0.2, 0.25) is 0 Å². The molecule has 7 nitrogen and oxygen atoms in total. The molecule has 1 aliphatic heterocycles. The van der Waals surface area contributed by atoms with Gasteiger partial charge < -0.3 is 10.2 Å². The van der Waals surface area contributed by atoms with Gasteiger partial charge in [0.2, 0.25) is 11.8 Å². The summed E-state index contributed by atoms with van der Waals surface area (Å²) in [7, 11) is -3.68. The topological polar surface area (TPSA) is 86.8 Å². The second-order valence-electron chi connectivity index (χ2n) is 11.0. The molecule has 0 saturated heterocycles. The lowest BCUT2D eigenvalue weighted by molar-refractivity contribution is -0.142. The van der Waals surface area contributed by atoms with E-state index < -0.39 is 21.6 Å². The Balaban J connectivity index is 1.53. The quantitative estimate of drug-likeness (QED) is 0.410. The van der Waals surface area contributed by atoms with Crippen LogP contribution in [0.4, 0.5) is 5.69 Å². The third-order valence-corrected chi connectivity index (χ3v) is 8.61. The average Bonchev–Trinajstić information content (AvgIpc) is 3.06. The molecule has 0 radical (unpaired) electrons. The van der Waals surface area contributed by atoms with Crippen LogP contribution in [0.5, 0.6) is 0 Å². The second-order valence-corrected chi connectivity index (χ2v) is 12.8. The summed E-state index contributed by atoms with van der Waals surface area (Å²) in [6, 6.07) is 18.1. The number of sulfonamides is 1. The zero-order chi connectivity index (χ0) is 27.7. The second kappa shape index (κ2) is 10.8. The predicted molar refractivity (Wildman–Crippen MR) is 151 cm³/mol. The van der Waals surface area contributed by atoms with Crippen LogP contribution >= 0.6 is 0 Å². The highest BCUT2D eigenvalue weighted by Crippen LogP contribution is 2.42. The summed E-state index contributed by atoms with van der Waals surface area (Å²) in [5, 5.41) is 4.62. The zero-order valence-corrected chi connectivity index (χ0v) is 23.6. The van der Waals surface area contributed by atoms with E-state index in [-0.39, 0.29) is 24.8 Å². The van der Waals surface area contributed by atoms with Crippen molar-refractivity contribution in [1.29, 1.82) is 0 Å². The van der Waals surface area contributed by atoms with E-state index in [1.807, 2.05) is 83.1 Å². The van der Waals surface area contributed by atoms with Gasteiger partial charge in [-0.25, -0.2) is 8.42 Å². The van der Waals surface area contributed by atoms with Crippen molar-refractivity contribution < 1.29 is 18.0 Å². The van der Waals surface area contributed by atoms with Gasteiger partial charge in [-0.1, -0.05) is 61.0 Å². The number of hydrogen-bond donors (Lipinski definition) is 1. The molecule has 0 fully saturated rings. The number of hydrogen-bond acceptors (Lipinski definition) is 4. The summed E-state index contributed by atoms with van der Waals surface area (Å²) < 4.78 is 28.0. The van der Waals surface area contributed by atoms with Crippen LogP contribution in [0, 0.1) is 6.92 Å². The minimum Gasteiger partial charge on any atom is -0.350 e. The maximum absolute atomic E-state index is 13.6. The lowest BCUT2D eigenvalue weighted by Gasteiger charge is -2.33. The molecule has 202 valence electrons. The van der Waals surface area contributed by atoms with Crippen molar-refractivity contribution >= 4 is 38.3 Å². The molecule has 4 rings (SSSR count). The lowest BCUT2D eigenvalue weighted by atomic mass is 10.0. The van der Waals surface area contributed by atoms with Gasteiger partial charge in [-0.2, -0.15) is 0 Å². The number of rotatable bonds is 9. The summed E-state index contributed by atoms with van der Waals surface area (Å²) in [5.74, 6) is -0.361. The number of anilines is 1. The fourth-order valence-corrected chi connectivity index (χ4v) is 6.84. The average molecular weight is 536 g/mol. The number of nitrogens with one attached hydrogen (secondary N) is 1. The Kier molecular flexibility index (Phi) is 7.83. The standard InChI is InChI=1S/C30H37N3O4S/c1-6-24(29(35)31-30(3,4)5)32(20-22-12-7-11-21(2)19-22)27(34)17-10-18-33-25-15-8-13-23-14-9-16-26(28(23)25)38(33,36)37/h7-9,11-16,19,24H,6,10,17-18,20H2,1-5H3,(H,31,35)/t24-/m0/s1. The summed E-state index contributed by atoms with van der Waals surface area (Å²) in [5.41, 5.74) is 2.25. The lowest BCUT2D eigenvalue weighted by Crippen LogP contribution is -2.53. The molecule has 0 saturated carbocycles. The van der Waals surface area contributed by atoms with Gasteiger partial charge in [0.15, 0.2) is 0 Å². The van der Waals surface area contributed by atoms with Crippen molar-refractivity contribution in [2.75, 3.05) is 10.8 Å². The first kappa shape index (κ1) is 27.6. The number of benzene rings is 3. The monoisotopic (exact) mass is 535 g/mol. The van der Waals surface area contributed by atoms with E-state index >= 15 is 0 Å². The Morgan fingerprint density at radius 1 is 1.03 bits per heavy atom. The summed E-state index contributed by atoms with van der Waals surface area (Å²) in [6.07, 6.45) is 0.935. The largest absolute Gasteiger partial charge is 0.350 e. The third kappa shape index (κ3) is 5.70. The van der Waals surface area contributed by atoms with Gasteiger partial charge in [-0.15, -0.1) is 0 Å². The number of nitrogens with zero attached hydrogens (tertiary/aromatic N) is 2. The van der Waals surface area contributed by atoms with Gasteiger partial charge in [0, 0.05) is 30.4 Å². The number of carbonyl (C=O) groups is 2. The molecule has 1 aliphatic rings. The molecule has 1 atom stereocenters. The van der Waals surface area contributed by atoms with Crippen LogP contribution in [0.3, 0.4) is 0 Å². The van der Waals surface area contributed by atoms with Crippen LogP contribution in [0.25, 0.3) is 10.8 Å². The van der Waals surface area contributed by atoms with Gasteiger partial charge in [-0.05, 0) is 63.6 Å². The van der Waals surface area contributed by atoms with E-state index in [2.05, 4.69) is 5.32 Å². The van der Waals surface area contributed by atoms with Crippen molar-refractivity contribution in [3.63, 3.8) is 0 Å². The highest BCUT2D eigenvalue weighted by Gasteiger charge is 2.36. The molecular formula is C30H37N3O4S. The molecule has 1 N–H and O–H groups in total. The molecule has 0 aromatic heterocycles. The van der Waals surface area contributed by atoms with E-state index in [1.165, 1.54) is 4.31 Å². The number of aryl methyl sites for hydroxylation is 1. The third-order valence-electron chi connectivity index (χ3n) is 6.75. The highest BCUT2D eigenvalue weighted by molar-refractivity contribution is 7.93. The van der Waals surface area contributed by atoms with Crippen molar-refractivity contribution in [1.82, 2.24) is 10.2 Å². The van der Waals surface area contributed by atoms with E-state index in [9.17, 15) is 18.0 Å². The molecule has 1 heterocycles. The van der Waals surface area contributed by atoms with Crippen LogP contribution < -0.4 is 9.62 Å². The Morgan fingerprint density at radius 2 is 1.71 bits per heavy atom. The fraction of sp³-hybridized carbons (Fsp3) is 0.400. The summed E-state index contributed by atoms with van der Waals surface area (Å²) in [6.45, 7) is 10.1. The number of carbonyl (C=O) groups excluding carboxylic acids is 2. The summed E-state index contributed by atoms with van der Waals surface area (Å²) in [4.78, 5) is 28.8. The molecule has 0 aliphatic carbocycles. The van der Waals surface area contributed by atoms with Gasteiger partial charge in [0.25, 0.3) is 10.0 Å². The Labute approximate surface area is 225 Å². The molecule has 2 amide bonds. The van der Waals surface area contributed by atoms with Gasteiger partial charge in [-0.3, -0.25) is 13.9 Å². The maximum atomic E-state index is 13.6. The van der Waals surface area contributed by atoms with Gasteiger partial charge >= 0.3 is 0 Å². The minimum absolute atomic E-state index is 0.128. The SMILES string of the molecule is CC[C@@H](C(=O)NC(C)(C)C)N(Cc1cccc(C)c1)C(=O)CCCN1c2cccc3cccc(c23)S1(=O)=O. The van der Waals surface area contributed by atoms with Crippen LogP contribution in [-0.2, 0) is 26.2 Å². The molecule has 38 heavy (non-hydrogen) atoms. The molecule has 3 aromatic rings. The highest BCUT2D eigenvalue weighted by atomic mass is 32.2. The van der Waals surface area contributed by atoms with Gasteiger partial charge in [0.05, 0.1) is 10.6 Å². The fourth-order valence-electron chi connectivity index (χ4n) is 5.10. The van der Waals surface area contributed by atoms with Crippen molar-refractivity contribution in [3.05, 3.63) is 71.8 Å². The first-order chi connectivity index (χ1) is 17.9. The van der Waals surface area contributed by atoms with Crippen molar-refractivity contribution in [2.24, 2.45) is 0 Å². The summed E-state index contributed by atoms with van der Waals surface area (Å²) >= 11 is 0. The predicted octanol–water partition coefficient (Wildman–Crippen LogP) is 5.16. The smallest absolute Gasteiger partial charge is 0.265 e. The molecule has 0 spiro atoms. The van der Waals surface area contributed by atoms with E-state index in [1.54, 1.807) is 17.0 Å². The Bertz CT molecular complexity index is 1450. The first-order valence-electron chi connectivity index (χ1n) is 13.1. The normalized spacial score (nSPS) is 14.9. The Hall–Kier alpha value is -3.39. The molecule has 8 heteroatoms. The van der Waals surface area contributed by atoms with E-state index in [0.717, 1.165) is 21.9 Å². The minimum atomic E-state index is -3.68. The van der Waals surface area contributed by atoms with E-state index in [4.69, 9.17) is 0 Å². The molecule has 0 unspecified atom stereocenters. The van der Waals surface area contributed by atoms with Crippen LogP contribution in [0.1, 0.15) is 58.1 Å². The maximum Gasteiger partial charge on any atom is 0.265 e. The van der Waals surface area contributed by atoms with E-state index in [0.29, 0.717) is 30.0 Å². The molecule has 0 bridgehead atoms. The van der Waals surface area contributed by atoms with Gasteiger partial charge in [0.1, 0.15) is 6.04 Å². The van der Waals surface area contributed by atoms with Crippen molar-refractivity contribution in [2.45, 2.75) is 76.9 Å². The molecular weight excluding hydrogens is 498 g/mol. The zero-order valence-electron chi connectivity index (χ0n) is 22.8. The van der Waals surface area contributed by atoms with Crippen molar-refractivity contribution in [3.8, 4) is 0 Å². The Morgan fingerprint density at radius 3 is 2.37 bits per heavy atom. The number of amides is 2. The van der Waals surface area contributed by atoms with Crippen LogP contribution in [-0.4, -0.2) is 43.3 Å².